The number of nitrogens with zero attached hydrogens (tertiary/aromatic N) is 2. The van der Waals surface area contributed by atoms with Crippen molar-refractivity contribution >= 4 is 6.09 Å². The maximum absolute atomic E-state index is 11.7. The van der Waals surface area contributed by atoms with Crippen molar-refractivity contribution < 1.29 is 14.6 Å². The molecule has 5 heteroatoms. The topological polar surface area (TPSA) is 53.0 Å². The number of aromatic hydroxyl groups is 1. The highest BCUT2D eigenvalue weighted by molar-refractivity contribution is 5.70. The van der Waals surface area contributed by atoms with Crippen molar-refractivity contribution in [3.8, 4) is 11.5 Å². The van der Waals surface area contributed by atoms with Crippen molar-refractivity contribution in [3.05, 3.63) is 23.8 Å². The first kappa shape index (κ1) is 15.3. The summed E-state index contributed by atoms with van der Waals surface area (Å²) in [5, 5.41) is 9.87. The maximum atomic E-state index is 11.7. The molecule has 106 valence electrons. The van der Waals surface area contributed by atoms with Crippen LogP contribution in [-0.2, 0) is 0 Å². The number of hydrogen-bond acceptors (Lipinski definition) is 4. The Kier molecular flexibility index (Phi) is 5.18. The molecule has 1 aromatic rings. The third-order valence-electron chi connectivity index (χ3n) is 3.21. The standard InChI is InChI=1S/C14H22N2O3/c1-6-16(5)14(18)19-11-7-8-13(17)12(9-11)10(2)15(3)4/h7-10,17H,6H2,1-5H3/t10-/m1/s1. The van der Waals surface area contributed by atoms with E-state index in [-0.39, 0.29) is 11.8 Å². The molecule has 0 saturated carbocycles. The highest BCUT2D eigenvalue weighted by Gasteiger charge is 2.15. The Bertz CT molecular complexity index is 446. The minimum Gasteiger partial charge on any atom is -0.508 e. The summed E-state index contributed by atoms with van der Waals surface area (Å²) in [6.07, 6.45) is -0.406. The molecule has 0 radical (unpaired) electrons. The molecule has 0 heterocycles. The molecule has 0 fully saturated rings. The number of ether oxygens (including phenoxy) is 1. The fourth-order valence-corrected chi connectivity index (χ4v) is 1.52. The van der Waals surface area contributed by atoms with Gasteiger partial charge in [0.25, 0.3) is 0 Å². The van der Waals surface area contributed by atoms with E-state index in [0.29, 0.717) is 12.3 Å². The number of carbonyl (C=O) groups is 1. The number of phenolic OH excluding ortho intramolecular Hbond substituents is 1. The second-order valence-corrected chi connectivity index (χ2v) is 4.74. The van der Waals surface area contributed by atoms with Gasteiger partial charge in [-0.2, -0.15) is 0 Å². The highest BCUT2D eigenvalue weighted by atomic mass is 16.6. The number of phenols is 1. The van der Waals surface area contributed by atoms with Crippen LogP contribution >= 0.6 is 0 Å². The van der Waals surface area contributed by atoms with Gasteiger partial charge in [0.1, 0.15) is 11.5 Å². The molecular weight excluding hydrogens is 244 g/mol. The smallest absolute Gasteiger partial charge is 0.414 e. The number of carbonyl (C=O) groups excluding carboxylic acids is 1. The molecule has 0 aliphatic carbocycles. The molecule has 5 nitrogen and oxygen atoms in total. The second kappa shape index (κ2) is 6.43. The van der Waals surface area contributed by atoms with E-state index in [1.807, 2.05) is 32.8 Å². The average molecular weight is 266 g/mol. The van der Waals surface area contributed by atoms with Crippen molar-refractivity contribution in [2.24, 2.45) is 0 Å². The lowest BCUT2D eigenvalue weighted by Crippen LogP contribution is -2.29. The summed E-state index contributed by atoms with van der Waals surface area (Å²) in [5.74, 6) is 0.636. The van der Waals surface area contributed by atoms with Gasteiger partial charge in [-0.1, -0.05) is 0 Å². The van der Waals surface area contributed by atoms with E-state index < -0.39 is 6.09 Å². The number of amides is 1. The van der Waals surface area contributed by atoms with Gasteiger partial charge in [-0.15, -0.1) is 0 Å². The Hall–Kier alpha value is -1.75. The molecule has 0 spiro atoms. The summed E-state index contributed by atoms with van der Waals surface area (Å²) in [5.41, 5.74) is 0.731. The first-order valence-electron chi connectivity index (χ1n) is 6.29. The van der Waals surface area contributed by atoms with E-state index in [1.165, 1.54) is 4.90 Å². The summed E-state index contributed by atoms with van der Waals surface area (Å²) in [6.45, 7) is 4.42. The van der Waals surface area contributed by atoms with Gasteiger partial charge >= 0.3 is 6.09 Å². The molecule has 0 bridgehead atoms. The van der Waals surface area contributed by atoms with Gasteiger partial charge in [0, 0.05) is 25.2 Å². The molecule has 1 amide bonds. The normalized spacial score (nSPS) is 12.3. The molecule has 1 rings (SSSR count). The fourth-order valence-electron chi connectivity index (χ4n) is 1.52. The summed E-state index contributed by atoms with van der Waals surface area (Å²) in [4.78, 5) is 15.1. The lowest BCUT2D eigenvalue weighted by Gasteiger charge is -2.22. The Morgan fingerprint density at radius 2 is 2.00 bits per heavy atom. The van der Waals surface area contributed by atoms with E-state index in [0.717, 1.165) is 5.56 Å². The van der Waals surface area contributed by atoms with Gasteiger partial charge < -0.3 is 19.6 Å². The molecule has 1 atom stereocenters. The molecule has 19 heavy (non-hydrogen) atoms. The van der Waals surface area contributed by atoms with Crippen LogP contribution in [-0.4, -0.2) is 48.7 Å². The average Bonchev–Trinajstić information content (AvgIpc) is 2.38. The minimum atomic E-state index is -0.406. The van der Waals surface area contributed by atoms with Crippen LogP contribution in [0.25, 0.3) is 0 Å². The molecule has 0 aliphatic heterocycles. The van der Waals surface area contributed by atoms with Gasteiger partial charge in [0.2, 0.25) is 0 Å². The van der Waals surface area contributed by atoms with Gasteiger partial charge in [-0.25, -0.2) is 4.79 Å². The Morgan fingerprint density at radius 3 is 2.53 bits per heavy atom. The van der Waals surface area contributed by atoms with Gasteiger partial charge in [-0.3, -0.25) is 0 Å². The van der Waals surface area contributed by atoms with Crippen LogP contribution < -0.4 is 4.74 Å². The summed E-state index contributed by atoms with van der Waals surface area (Å²) < 4.78 is 5.25. The molecular formula is C14H22N2O3. The summed E-state index contributed by atoms with van der Waals surface area (Å²) in [6, 6.07) is 4.86. The predicted octanol–water partition coefficient (Wildman–Crippen LogP) is 2.47. The van der Waals surface area contributed by atoms with Gasteiger partial charge in [0.05, 0.1) is 0 Å². The molecule has 0 saturated heterocycles. The molecule has 0 aliphatic rings. The number of rotatable bonds is 4. The lowest BCUT2D eigenvalue weighted by molar-refractivity contribution is 0.165. The number of benzene rings is 1. The van der Waals surface area contributed by atoms with Crippen LogP contribution in [0.4, 0.5) is 4.79 Å². The van der Waals surface area contributed by atoms with Gasteiger partial charge in [0.15, 0.2) is 0 Å². The molecule has 1 N–H and O–H groups in total. The van der Waals surface area contributed by atoms with E-state index in [4.69, 9.17) is 4.74 Å². The Labute approximate surface area is 114 Å². The van der Waals surface area contributed by atoms with Crippen molar-refractivity contribution in [3.63, 3.8) is 0 Å². The summed E-state index contributed by atoms with van der Waals surface area (Å²) in [7, 11) is 5.52. The van der Waals surface area contributed by atoms with E-state index in [9.17, 15) is 9.90 Å². The largest absolute Gasteiger partial charge is 0.508 e. The van der Waals surface area contributed by atoms with Crippen molar-refractivity contribution in [2.75, 3.05) is 27.7 Å². The predicted molar refractivity (Wildman–Crippen MR) is 74.5 cm³/mol. The number of hydrogen-bond donors (Lipinski definition) is 1. The van der Waals surface area contributed by atoms with Crippen molar-refractivity contribution in [2.45, 2.75) is 19.9 Å². The molecule has 0 aromatic heterocycles. The van der Waals surface area contributed by atoms with Gasteiger partial charge in [-0.05, 0) is 46.1 Å². The van der Waals surface area contributed by atoms with Crippen molar-refractivity contribution in [1.82, 2.24) is 9.80 Å². The Morgan fingerprint density at radius 1 is 1.37 bits per heavy atom. The zero-order chi connectivity index (χ0) is 14.6. The summed E-state index contributed by atoms with van der Waals surface area (Å²) >= 11 is 0. The van der Waals surface area contributed by atoms with Crippen LogP contribution in [0.5, 0.6) is 11.5 Å². The highest BCUT2D eigenvalue weighted by Crippen LogP contribution is 2.30. The van der Waals surface area contributed by atoms with Crippen LogP contribution in [0.1, 0.15) is 25.5 Å². The van der Waals surface area contributed by atoms with Crippen LogP contribution in [0.15, 0.2) is 18.2 Å². The minimum absolute atomic E-state index is 0.0301. The molecule has 1 aromatic carbocycles. The van der Waals surface area contributed by atoms with Crippen molar-refractivity contribution in [1.29, 1.82) is 0 Å². The zero-order valence-corrected chi connectivity index (χ0v) is 12.2. The third-order valence-corrected chi connectivity index (χ3v) is 3.21. The zero-order valence-electron chi connectivity index (χ0n) is 12.2. The fraction of sp³-hybridized carbons (Fsp3) is 0.500. The SMILES string of the molecule is CCN(C)C(=O)Oc1ccc(O)c([C@@H](C)N(C)C)c1. The maximum Gasteiger partial charge on any atom is 0.414 e. The Balaban J connectivity index is 2.93. The molecule has 0 unspecified atom stereocenters. The van der Waals surface area contributed by atoms with Crippen LogP contribution in [0, 0.1) is 0 Å². The van der Waals surface area contributed by atoms with Crippen LogP contribution in [0.2, 0.25) is 0 Å². The third kappa shape index (κ3) is 3.86. The van der Waals surface area contributed by atoms with E-state index in [2.05, 4.69) is 0 Å². The van der Waals surface area contributed by atoms with Crippen LogP contribution in [0.3, 0.4) is 0 Å². The quantitative estimate of drug-likeness (QED) is 0.909. The monoisotopic (exact) mass is 266 g/mol. The first-order chi connectivity index (χ1) is 8.86. The second-order valence-electron chi connectivity index (χ2n) is 4.74. The van der Waals surface area contributed by atoms with E-state index >= 15 is 0 Å². The van der Waals surface area contributed by atoms with E-state index in [1.54, 1.807) is 25.2 Å². The lowest BCUT2D eigenvalue weighted by atomic mass is 10.1. The first-order valence-corrected chi connectivity index (χ1v) is 6.29.